The van der Waals surface area contributed by atoms with Gasteiger partial charge in [0, 0.05) is 24.5 Å². The molecule has 0 aliphatic heterocycles. The molecule has 5 nitrogen and oxygen atoms in total. The summed E-state index contributed by atoms with van der Waals surface area (Å²) in [5.41, 5.74) is 5.63. The third-order valence-electron chi connectivity index (χ3n) is 1.94. The molecule has 0 saturated heterocycles. The molecule has 4 N–H and O–H groups in total. The van der Waals surface area contributed by atoms with Crippen LogP contribution < -0.4 is 16.4 Å². The first-order valence-electron chi connectivity index (χ1n) is 6.08. The predicted molar refractivity (Wildman–Crippen MR) is 71.8 cm³/mol. The molecule has 100 valence electrons. The van der Waals surface area contributed by atoms with E-state index in [1.165, 1.54) is 0 Å². The number of carbonyl (C=O) groups excluding carboxylic acids is 1. The average Bonchev–Trinajstić information content (AvgIpc) is 2.13. The normalized spacial score (nSPS) is 12.7. The van der Waals surface area contributed by atoms with Crippen molar-refractivity contribution >= 4 is 11.9 Å². The molecule has 0 unspecified atom stereocenters. The fourth-order valence-electron chi connectivity index (χ4n) is 1.12. The van der Waals surface area contributed by atoms with Gasteiger partial charge in [0.2, 0.25) is 5.91 Å². The second kappa shape index (κ2) is 7.14. The highest BCUT2D eigenvalue weighted by molar-refractivity contribution is 5.78. The molecule has 1 amide bonds. The quantitative estimate of drug-likeness (QED) is 0.380. The first-order valence-corrected chi connectivity index (χ1v) is 6.08. The minimum absolute atomic E-state index is 0.0335. The van der Waals surface area contributed by atoms with E-state index in [0.717, 1.165) is 6.42 Å². The highest BCUT2D eigenvalue weighted by atomic mass is 16.1. The Morgan fingerprint density at radius 2 is 1.94 bits per heavy atom. The maximum Gasteiger partial charge on any atom is 0.222 e. The van der Waals surface area contributed by atoms with Crippen LogP contribution >= 0.6 is 0 Å². The summed E-state index contributed by atoms with van der Waals surface area (Å²) in [5, 5.41) is 5.91. The highest BCUT2D eigenvalue weighted by Crippen LogP contribution is 1.97. The van der Waals surface area contributed by atoms with Crippen molar-refractivity contribution in [3.8, 4) is 0 Å². The number of nitrogens with one attached hydrogen (secondary N) is 2. The fourth-order valence-corrected chi connectivity index (χ4v) is 1.12. The first-order chi connectivity index (χ1) is 7.72. The fraction of sp³-hybridized carbons (Fsp3) is 0.833. The van der Waals surface area contributed by atoms with Gasteiger partial charge in [0.05, 0.1) is 0 Å². The van der Waals surface area contributed by atoms with Gasteiger partial charge < -0.3 is 16.4 Å². The summed E-state index contributed by atoms with van der Waals surface area (Å²) in [5.74, 6) is 0.564. The van der Waals surface area contributed by atoms with Crippen molar-refractivity contribution in [2.45, 2.75) is 46.6 Å². The molecule has 0 bridgehead atoms. The Labute approximate surface area is 104 Å². The molecule has 0 aliphatic rings. The Balaban J connectivity index is 3.70. The van der Waals surface area contributed by atoms with Crippen molar-refractivity contribution in [1.82, 2.24) is 10.6 Å². The number of rotatable bonds is 5. The first kappa shape index (κ1) is 15.7. The molecule has 0 rings (SSSR count). The Morgan fingerprint density at radius 1 is 1.35 bits per heavy atom. The lowest BCUT2D eigenvalue weighted by molar-refractivity contribution is -0.123. The zero-order valence-electron chi connectivity index (χ0n) is 11.6. The summed E-state index contributed by atoms with van der Waals surface area (Å²) in [7, 11) is 0. The van der Waals surface area contributed by atoms with E-state index in [1.807, 2.05) is 34.6 Å². The number of carbonyl (C=O) groups is 1. The van der Waals surface area contributed by atoms with Crippen molar-refractivity contribution < 1.29 is 4.79 Å². The molecule has 17 heavy (non-hydrogen) atoms. The minimum Gasteiger partial charge on any atom is -0.370 e. The van der Waals surface area contributed by atoms with Crippen molar-refractivity contribution in [3.05, 3.63) is 0 Å². The SMILES string of the molecule is CC(C)C(=O)NCCCN=C(N)NC(C)(C)C. The van der Waals surface area contributed by atoms with E-state index in [0.29, 0.717) is 19.0 Å². The summed E-state index contributed by atoms with van der Waals surface area (Å²) in [4.78, 5) is 15.4. The molecule has 0 fully saturated rings. The highest BCUT2D eigenvalue weighted by Gasteiger charge is 2.09. The smallest absolute Gasteiger partial charge is 0.222 e. The van der Waals surface area contributed by atoms with Crippen LogP contribution in [0, 0.1) is 5.92 Å². The number of hydrogen-bond donors (Lipinski definition) is 3. The topological polar surface area (TPSA) is 79.5 Å². The molecule has 0 aliphatic carbocycles. The van der Waals surface area contributed by atoms with Gasteiger partial charge in [-0.3, -0.25) is 9.79 Å². The molecule has 0 aromatic rings. The maximum absolute atomic E-state index is 11.2. The van der Waals surface area contributed by atoms with Crippen molar-refractivity contribution in [3.63, 3.8) is 0 Å². The number of aliphatic imine (C=N–C) groups is 1. The Morgan fingerprint density at radius 3 is 2.41 bits per heavy atom. The van der Waals surface area contributed by atoms with Crippen LogP contribution in [0.15, 0.2) is 4.99 Å². The van der Waals surface area contributed by atoms with Gasteiger partial charge in [-0.05, 0) is 27.2 Å². The van der Waals surface area contributed by atoms with Crippen LogP contribution in [0.25, 0.3) is 0 Å². The number of hydrogen-bond acceptors (Lipinski definition) is 2. The monoisotopic (exact) mass is 242 g/mol. The van der Waals surface area contributed by atoms with Gasteiger partial charge in [-0.15, -0.1) is 0 Å². The van der Waals surface area contributed by atoms with E-state index >= 15 is 0 Å². The van der Waals surface area contributed by atoms with Crippen LogP contribution in [-0.2, 0) is 4.79 Å². The zero-order chi connectivity index (χ0) is 13.5. The van der Waals surface area contributed by atoms with Gasteiger partial charge in [0.15, 0.2) is 5.96 Å². The molecular weight excluding hydrogens is 216 g/mol. The summed E-state index contributed by atoms with van der Waals surface area (Å²) < 4.78 is 0. The number of guanidine groups is 1. The third kappa shape index (κ3) is 9.66. The molecule has 0 saturated carbocycles. The van der Waals surface area contributed by atoms with E-state index in [-0.39, 0.29) is 17.4 Å². The molecule has 0 atom stereocenters. The standard InChI is InChI=1S/C12H26N4O/c1-9(2)10(17)14-7-6-8-15-11(13)16-12(3,4)5/h9H,6-8H2,1-5H3,(H,14,17)(H3,13,15,16). The van der Waals surface area contributed by atoms with Crippen LogP contribution in [0.2, 0.25) is 0 Å². The average molecular weight is 242 g/mol. The molecule has 5 heteroatoms. The van der Waals surface area contributed by atoms with Crippen LogP contribution in [0.5, 0.6) is 0 Å². The summed E-state index contributed by atoms with van der Waals surface area (Å²) >= 11 is 0. The Hall–Kier alpha value is -1.26. The second-order valence-corrected chi connectivity index (χ2v) is 5.44. The molecule has 0 aromatic carbocycles. The van der Waals surface area contributed by atoms with E-state index in [2.05, 4.69) is 15.6 Å². The lowest BCUT2D eigenvalue weighted by Crippen LogP contribution is -2.45. The number of nitrogens with two attached hydrogens (primary N) is 1. The van der Waals surface area contributed by atoms with E-state index in [1.54, 1.807) is 0 Å². The Kier molecular flexibility index (Phi) is 6.61. The molecule has 0 aromatic heterocycles. The van der Waals surface area contributed by atoms with Gasteiger partial charge in [0.25, 0.3) is 0 Å². The minimum atomic E-state index is -0.0700. The van der Waals surface area contributed by atoms with Gasteiger partial charge in [-0.1, -0.05) is 13.8 Å². The van der Waals surface area contributed by atoms with Crippen LogP contribution in [0.1, 0.15) is 41.0 Å². The zero-order valence-corrected chi connectivity index (χ0v) is 11.6. The molecule has 0 spiro atoms. The van der Waals surface area contributed by atoms with Crippen molar-refractivity contribution in [2.24, 2.45) is 16.6 Å². The van der Waals surface area contributed by atoms with E-state index in [9.17, 15) is 4.79 Å². The lowest BCUT2D eigenvalue weighted by atomic mass is 10.1. The van der Waals surface area contributed by atoms with Gasteiger partial charge >= 0.3 is 0 Å². The van der Waals surface area contributed by atoms with Gasteiger partial charge in [0.1, 0.15) is 0 Å². The molecular formula is C12H26N4O. The largest absolute Gasteiger partial charge is 0.370 e. The number of amides is 1. The molecule has 0 radical (unpaired) electrons. The van der Waals surface area contributed by atoms with Crippen molar-refractivity contribution in [1.29, 1.82) is 0 Å². The second-order valence-electron chi connectivity index (χ2n) is 5.44. The Bertz CT molecular complexity index is 266. The van der Waals surface area contributed by atoms with Gasteiger partial charge in [-0.25, -0.2) is 0 Å². The summed E-state index contributed by atoms with van der Waals surface area (Å²) in [6.07, 6.45) is 0.797. The maximum atomic E-state index is 11.2. The third-order valence-corrected chi connectivity index (χ3v) is 1.94. The summed E-state index contributed by atoms with van der Waals surface area (Å²) in [6.45, 7) is 11.1. The van der Waals surface area contributed by atoms with Crippen LogP contribution in [0.4, 0.5) is 0 Å². The number of nitrogens with zero attached hydrogens (tertiary/aromatic N) is 1. The van der Waals surface area contributed by atoms with Crippen molar-refractivity contribution in [2.75, 3.05) is 13.1 Å². The van der Waals surface area contributed by atoms with Crippen LogP contribution in [0.3, 0.4) is 0 Å². The van der Waals surface area contributed by atoms with E-state index < -0.39 is 0 Å². The van der Waals surface area contributed by atoms with E-state index in [4.69, 9.17) is 5.73 Å². The van der Waals surface area contributed by atoms with Gasteiger partial charge in [-0.2, -0.15) is 0 Å². The predicted octanol–water partition coefficient (Wildman–Crippen LogP) is 0.852. The molecule has 0 heterocycles. The summed E-state index contributed by atoms with van der Waals surface area (Å²) in [6, 6.07) is 0. The van der Waals surface area contributed by atoms with Crippen LogP contribution in [-0.4, -0.2) is 30.5 Å². The lowest BCUT2D eigenvalue weighted by Gasteiger charge is -2.20.